The van der Waals surface area contributed by atoms with E-state index in [2.05, 4.69) is 24.9 Å². The molecule has 4 heterocycles. The molecule has 4 aromatic heterocycles. The zero-order chi connectivity index (χ0) is 18.2. The summed E-state index contributed by atoms with van der Waals surface area (Å²) in [4.78, 5) is 22.5. The van der Waals surface area contributed by atoms with E-state index < -0.39 is 0 Å². The number of hydrogen-bond acceptors (Lipinski definition) is 7. The highest BCUT2D eigenvalue weighted by Crippen LogP contribution is 2.29. The van der Waals surface area contributed by atoms with Crippen LogP contribution in [0.25, 0.3) is 32.0 Å². The number of nitrogens with one attached hydrogen (secondary N) is 1. The molecule has 1 aromatic carbocycles. The first-order valence-electron chi connectivity index (χ1n) is 8.16. The predicted octanol–water partition coefficient (Wildman–Crippen LogP) is 4.97. The van der Waals surface area contributed by atoms with E-state index in [0.717, 1.165) is 37.6 Å². The minimum atomic E-state index is 0.477. The van der Waals surface area contributed by atoms with Crippen LogP contribution in [-0.4, -0.2) is 31.5 Å². The molecule has 0 aliphatic rings. The molecule has 0 saturated carbocycles. The van der Waals surface area contributed by atoms with Gasteiger partial charge in [0.15, 0.2) is 16.2 Å². The van der Waals surface area contributed by atoms with E-state index in [0.29, 0.717) is 23.8 Å². The van der Waals surface area contributed by atoms with Crippen molar-refractivity contribution in [1.82, 2.24) is 24.9 Å². The van der Waals surface area contributed by atoms with Gasteiger partial charge in [0.25, 0.3) is 0 Å². The number of thiazole rings is 2. The van der Waals surface area contributed by atoms with E-state index in [9.17, 15) is 0 Å². The third-order valence-corrected chi connectivity index (χ3v) is 5.88. The minimum absolute atomic E-state index is 0.477. The van der Waals surface area contributed by atoms with Gasteiger partial charge in [0, 0.05) is 34.7 Å². The van der Waals surface area contributed by atoms with Crippen molar-refractivity contribution in [3.63, 3.8) is 0 Å². The summed E-state index contributed by atoms with van der Waals surface area (Å²) in [6.07, 6.45) is 4.48. The van der Waals surface area contributed by atoms with Crippen molar-refractivity contribution in [3.05, 3.63) is 52.2 Å². The standard InChI is InChI=1S/C18H12ClN5OS2/c19-11-1-2-13-12(5-11)10(6-21-13)3-4-25-17-15-18(27-9-22-15)24-16(23-17)14-7-20-8-26-14/h1-2,5-9,21H,3-4H2. The van der Waals surface area contributed by atoms with Crippen LogP contribution in [0.5, 0.6) is 5.88 Å². The number of benzene rings is 1. The Bertz CT molecular complexity index is 1230. The number of hydrogen-bond donors (Lipinski definition) is 1. The van der Waals surface area contributed by atoms with Crippen LogP contribution in [0.2, 0.25) is 5.02 Å². The summed E-state index contributed by atoms with van der Waals surface area (Å²) in [5.74, 6) is 1.12. The van der Waals surface area contributed by atoms with Crippen LogP contribution in [0.1, 0.15) is 5.56 Å². The van der Waals surface area contributed by atoms with Crippen molar-refractivity contribution in [2.45, 2.75) is 6.42 Å². The minimum Gasteiger partial charge on any atom is -0.476 e. The molecule has 0 radical (unpaired) electrons. The molecular formula is C18H12ClN5OS2. The molecule has 0 fully saturated rings. The Labute approximate surface area is 166 Å². The van der Waals surface area contributed by atoms with E-state index >= 15 is 0 Å². The third kappa shape index (κ3) is 3.16. The van der Waals surface area contributed by atoms with Gasteiger partial charge in [0.05, 0.1) is 22.5 Å². The Balaban J connectivity index is 1.41. The second-order valence-electron chi connectivity index (χ2n) is 5.83. The summed E-state index contributed by atoms with van der Waals surface area (Å²) >= 11 is 9.09. The molecule has 0 spiro atoms. The highest BCUT2D eigenvalue weighted by molar-refractivity contribution is 7.16. The molecule has 27 heavy (non-hydrogen) atoms. The van der Waals surface area contributed by atoms with Gasteiger partial charge in [-0.2, -0.15) is 4.98 Å². The molecule has 0 saturated heterocycles. The lowest BCUT2D eigenvalue weighted by Crippen LogP contribution is -2.04. The fourth-order valence-corrected chi connectivity index (χ4v) is 4.26. The Morgan fingerprint density at radius 1 is 1.15 bits per heavy atom. The van der Waals surface area contributed by atoms with Crippen molar-refractivity contribution in [3.8, 4) is 16.6 Å². The molecule has 5 aromatic rings. The topological polar surface area (TPSA) is 76.6 Å². The van der Waals surface area contributed by atoms with E-state index in [1.807, 2.05) is 24.4 Å². The van der Waals surface area contributed by atoms with Gasteiger partial charge in [-0.25, -0.2) is 9.97 Å². The molecule has 0 aliphatic heterocycles. The lowest BCUT2D eigenvalue weighted by Gasteiger charge is -2.07. The molecule has 1 N–H and O–H groups in total. The largest absolute Gasteiger partial charge is 0.476 e. The SMILES string of the molecule is Clc1ccc2[nH]cc(CCOc3nc(-c4cncs4)nc4scnc34)c2c1. The highest BCUT2D eigenvalue weighted by atomic mass is 35.5. The number of rotatable bonds is 5. The predicted molar refractivity (Wildman–Crippen MR) is 109 cm³/mol. The Morgan fingerprint density at radius 2 is 2.11 bits per heavy atom. The van der Waals surface area contributed by atoms with Crippen molar-refractivity contribution in [2.75, 3.05) is 6.61 Å². The normalized spacial score (nSPS) is 11.4. The quantitative estimate of drug-likeness (QED) is 0.440. The molecule has 0 atom stereocenters. The fraction of sp³-hybridized carbons (Fsp3) is 0.111. The van der Waals surface area contributed by atoms with Crippen molar-refractivity contribution >= 4 is 55.5 Å². The molecule has 0 aliphatic carbocycles. The maximum atomic E-state index is 6.12. The Hall–Kier alpha value is -2.55. The van der Waals surface area contributed by atoms with Crippen LogP contribution in [0, 0.1) is 0 Å². The number of H-pyrrole nitrogens is 1. The number of halogens is 1. The molecular weight excluding hydrogens is 402 g/mol. The van der Waals surface area contributed by atoms with E-state index in [1.165, 1.54) is 22.7 Å². The molecule has 6 nitrogen and oxygen atoms in total. The van der Waals surface area contributed by atoms with Gasteiger partial charge < -0.3 is 9.72 Å². The zero-order valence-corrected chi connectivity index (χ0v) is 16.2. The molecule has 5 rings (SSSR count). The van der Waals surface area contributed by atoms with Crippen LogP contribution < -0.4 is 4.74 Å². The molecule has 0 amide bonds. The summed E-state index contributed by atoms with van der Waals surface area (Å²) in [7, 11) is 0. The van der Waals surface area contributed by atoms with Gasteiger partial charge in [0.2, 0.25) is 5.88 Å². The second kappa shape index (κ2) is 6.88. The number of aromatic amines is 1. The van der Waals surface area contributed by atoms with Crippen molar-refractivity contribution in [2.24, 2.45) is 0 Å². The third-order valence-electron chi connectivity index (χ3n) is 4.16. The highest BCUT2D eigenvalue weighted by Gasteiger charge is 2.14. The van der Waals surface area contributed by atoms with Gasteiger partial charge in [-0.15, -0.1) is 22.7 Å². The summed E-state index contributed by atoms with van der Waals surface area (Å²) in [6.45, 7) is 0.477. The van der Waals surface area contributed by atoms with Gasteiger partial charge in [-0.05, 0) is 23.8 Å². The second-order valence-corrected chi connectivity index (χ2v) is 7.98. The summed E-state index contributed by atoms with van der Waals surface area (Å²) in [5.41, 5.74) is 6.42. The van der Waals surface area contributed by atoms with Crippen molar-refractivity contribution in [1.29, 1.82) is 0 Å². The van der Waals surface area contributed by atoms with Gasteiger partial charge in [-0.1, -0.05) is 11.6 Å². The Morgan fingerprint density at radius 3 is 3.00 bits per heavy atom. The number of ether oxygens (including phenoxy) is 1. The first-order chi connectivity index (χ1) is 13.3. The molecule has 9 heteroatoms. The number of aromatic nitrogens is 5. The van der Waals surface area contributed by atoms with Crippen LogP contribution in [0.3, 0.4) is 0 Å². The first kappa shape index (κ1) is 16.6. The van der Waals surface area contributed by atoms with Crippen LogP contribution >= 0.6 is 34.3 Å². The molecule has 0 bridgehead atoms. The molecule has 0 unspecified atom stereocenters. The van der Waals surface area contributed by atoms with Crippen molar-refractivity contribution < 1.29 is 4.74 Å². The molecule has 134 valence electrons. The van der Waals surface area contributed by atoms with E-state index in [1.54, 1.807) is 17.2 Å². The monoisotopic (exact) mass is 413 g/mol. The lowest BCUT2D eigenvalue weighted by molar-refractivity contribution is 0.313. The number of nitrogens with zero attached hydrogens (tertiary/aromatic N) is 4. The average molecular weight is 414 g/mol. The average Bonchev–Trinajstić information content (AvgIpc) is 3.42. The zero-order valence-electron chi connectivity index (χ0n) is 13.8. The summed E-state index contributed by atoms with van der Waals surface area (Å²) in [6, 6.07) is 5.82. The van der Waals surface area contributed by atoms with Crippen LogP contribution in [-0.2, 0) is 6.42 Å². The maximum absolute atomic E-state index is 6.12. The van der Waals surface area contributed by atoms with Crippen LogP contribution in [0.15, 0.2) is 41.6 Å². The fourth-order valence-electron chi connectivity index (χ4n) is 2.89. The lowest BCUT2D eigenvalue weighted by atomic mass is 10.1. The van der Waals surface area contributed by atoms with Gasteiger partial charge in [0.1, 0.15) is 0 Å². The summed E-state index contributed by atoms with van der Waals surface area (Å²) in [5, 5.41) is 1.83. The van der Waals surface area contributed by atoms with E-state index in [-0.39, 0.29) is 0 Å². The van der Waals surface area contributed by atoms with Crippen LogP contribution in [0.4, 0.5) is 0 Å². The van der Waals surface area contributed by atoms with Gasteiger partial charge >= 0.3 is 0 Å². The first-order valence-corrected chi connectivity index (χ1v) is 10.3. The summed E-state index contributed by atoms with van der Waals surface area (Å²) < 4.78 is 6.00. The van der Waals surface area contributed by atoms with Gasteiger partial charge in [-0.3, -0.25) is 4.98 Å². The number of fused-ring (bicyclic) bond motifs is 2. The maximum Gasteiger partial charge on any atom is 0.245 e. The smallest absolute Gasteiger partial charge is 0.245 e. The van der Waals surface area contributed by atoms with E-state index in [4.69, 9.17) is 16.3 Å². The Kier molecular flexibility index (Phi) is 4.23.